The van der Waals surface area contributed by atoms with Crippen molar-refractivity contribution in [2.75, 3.05) is 13.6 Å². The highest BCUT2D eigenvalue weighted by Gasteiger charge is 2.24. The Morgan fingerprint density at radius 3 is 2.41 bits per heavy atom. The first-order valence-corrected chi connectivity index (χ1v) is 7.25. The van der Waals surface area contributed by atoms with E-state index in [0.29, 0.717) is 18.5 Å². The van der Waals surface area contributed by atoms with E-state index in [1.807, 2.05) is 0 Å². The van der Waals surface area contributed by atoms with Gasteiger partial charge in [-0.15, -0.1) is 0 Å². The molecule has 1 saturated heterocycles. The topological polar surface area (TPSA) is 32.3 Å². The fraction of sp³-hybridized carbons (Fsp3) is 0.929. The van der Waals surface area contributed by atoms with Crippen LogP contribution in [0.3, 0.4) is 0 Å². The van der Waals surface area contributed by atoms with Crippen molar-refractivity contribution < 1.29 is 4.79 Å². The van der Waals surface area contributed by atoms with Crippen molar-refractivity contribution in [3.05, 3.63) is 0 Å². The molecule has 0 radical (unpaired) electrons. The van der Waals surface area contributed by atoms with Crippen molar-refractivity contribution in [1.29, 1.82) is 0 Å². The maximum Gasteiger partial charge on any atom is 0.221 e. The van der Waals surface area contributed by atoms with Gasteiger partial charge in [0.05, 0.1) is 0 Å². The average molecular weight is 238 g/mol. The first-order valence-electron chi connectivity index (χ1n) is 7.25. The molecule has 0 bridgehead atoms. The molecule has 98 valence electrons. The smallest absolute Gasteiger partial charge is 0.221 e. The summed E-state index contributed by atoms with van der Waals surface area (Å²) >= 11 is 0. The summed E-state index contributed by atoms with van der Waals surface area (Å²) < 4.78 is 0. The van der Waals surface area contributed by atoms with E-state index in [-0.39, 0.29) is 5.91 Å². The van der Waals surface area contributed by atoms with Gasteiger partial charge in [-0.2, -0.15) is 0 Å². The fourth-order valence-electron chi connectivity index (χ4n) is 3.16. The van der Waals surface area contributed by atoms with Crippen LogP contribution in [0.15, 0.2) is 0 Å². The first-order chi connectivity index (χ1) is 8.25. The molecule has 1 saturated carbocycles. The number of hydrogen-bond donors (Lipinski definition) is 1. The normalized spacial score (nSPS) is 27.9. The van der Waals surface area contributed by atoms with Gasteiger partial charge in [0.15, 0.2) is 0 Å². The van der Waals surface area contributed by atoms with Gasteiger partial charge in [-0.05, 0) is 39.3 Å². The number of nitrogens with one attached hydrogen (secondary N) is 1. The van der Waals surface area contributed by atoms with Crippen molar-refractivity contribution in [3.8, 4) is 0 Å². The molecule has 1 aliphatic heterocycles. The van der Waals surface area contributed by atoms with Gasteiger partial charge in [0.25, 0.3) is 0 Å². The molecule has 2 rings (SSSR count). The zero-order valence-corrected chi connectivity index (χ0v) is 11.1. The maximum absolute atomic E-state index is 12.0. The van der Waals surface area contributed by atoms with E-state index in [9.17, 15) is 4.79 Å². The Hall–Kier alpha value is -0.570. The number of likely N-dealkylation sites (tertiary alicyclic amines) is 1. The first kappa shape index (κ1) is 12.9. The monoisotopic (exact) mass is 238 g/mol. The lowest BCUT2D eigenvalue weighted by molar-refractivity contribution is -0.122. The van der Waals surface area contributed by atoms with Gasteiger partial charge in [-0.25, -0.2) is 0 Å². The Morgan fingerprint density at radius 2 is 1.82 bits per heavy atom. The van der Waals surface area contributed by atoms with Crippen LogP contribution < -0.4 is 5.32 Å². The Bertz CT molecular complexity index is 247. The molecule has 1 unspecified atom stereocenters. The number of carbonyl (C=O) groups is 1. The largest absolute Gasteiger partial charge is 0.353 e. The summed E-state index contributed by atoms with van der Waals surface area (Å²) in [5.74, 6) is 0.274. The van der Waals surface area contributed by atoms with Crippen molar-refractivity contribution in [1.82, 2.24) is 10.2 Å². The Balaban J connectivity index is 1.72. The van der Waals surface area contributed by atoms with E-state index < -0.39 is 0 Å². The minimum Gasteiger partial charge on any atom is -0.353 e. The highest BCUT2D eigenvalue weighted by atomic mass is 16.1. The van der Waals surface area contributed by atoms with Crippen molar-refractivity contribution in [2.45, 2.75) is 69.9 Å². The number of nitrogens with zero attached hydrogens (tertiary/aromatic N) is 1. The predicted molar refractivity (Wildman–Crippen MR) is 69.9 cm³/mol. The standard InChI is InChI=1S/C14H26N2O/c1-16-10-6-9-13(16)11-14(17)15-12-7-4-2-3-5-8-12/h12-13H,2-11H2,1H3,(H,15,17). The van der Waals surface area contributed by atoms with Gasteiger partial charge in [-0.1, -0.05) is 25.7 Å². The second-order valence-corrected chi connectivity index (χ2v) is 5.74. The molecule has 2 aliphatic rings. The van der Waals surface area contributed by atoms with Crippen LogP contribution in [0.4, 0.5) is 0 Å². The molecule has 2 fully saturated rings. The molecule has 1 heterocycles. The van der Waals surface area contributed by atoms with Gasteiger partial charge < -0.3 is 10.2 Å². The number of amides is 1. The van der Waals surface area contributed by atoms with E-state index in [2.05, 4.69) is 17.3 Å². The summed E-state index contributed by atoms with van der Waals surface area (Å²) in [5.41, 5.74) is 0. The molecule has 17 heavy (non-hydrogen) atoms. The van der Waals surface area contributed by atoms with Gasteiger partial charge in [0.2, 0.25) is 5.91 Å². The van der Waals surface area contributed by atoms with Crippen LogP contribution in [-0.4, -0.2) is 36.5 Å². The zero-order valence-electron chi connectivity index (χ0n) is 11.1. The number of carbonyl (C=O) groups excluding carboxylic acids is 1. The second kappa shape index (κ2) is 6.39. The Labute approximate surface area is 105 Å². The van der Waals surface area contributed by atoms with Crippen LogP contribution in [0.5, 0.6) is 0 Å². The van der Waals surface area contributed by atoms with E-state index in [1.54, 1.807) is 0 Å². The van der Waals surface area contributed by atoms with Crippen LogP contribution in [-0.2, 0) is 4.79 Å². The summed E-state index contributed by atoms with van der Waals surface area (Å²) in [7, 11) is 2.14. The van der Waals surface area contributed by atoms with E-state index >= 15 is 0 Å². The molecule has 1 atom stereocenters. The molecule has 0 aromatic heterocycles. The molecular formula is C14H26N2O. The number of rotatable bonds is 3. The summed E-state index contributed by atoms with van der Waals surface area (Å²) in [6.07, 6.45) is 10.8. The van der Waals surface area contributed by atoms with Gasteiger partial charge in [0.1, 0.15) is 0 Å². The van der Waals surface area contributed by atoms with E-state index in [4.69, 9.17) is 0 Å². The number of hydrogen-bond acceptors (Lipinski definition) is 2. The quantitative estimate of drug-likeness (QED) is 0.765. The Kier molecular flexibility index (Phi) is 4.84. The van der Waals surface area contributed by atoms with Crippen LogP contribution in [0.1, 0.15) is 57.8 Å². The molecule has 1 aliphatic carbocycles. The van der Waals surface area contributed by atoms with Crippen LogP contribution >= 0.6 is 0 Å². The third-order valence-electron chi connectivity index (χ3n) is 4.31. The minimum atomic E-state index is 0.274. The SMILES string of the molecule is CN1CCCC1CC(=O)NC1CCCCCC1. The van der Waals surface area contributed by atoms with Crippen molar-refractivity contribution >= 4 is 5.91 Å². The van der Waals surface area contributed by atoms with Gasteiger partial charge in [0, 0.05) is 18.5 Å². The molecule has 1 amide bonds. The van der Waals surface area contributed by atoms with E-state index in [0.717, 1.165) is 6.54 Å². The lowest BCUT2D eigenvalue weighted by Crippen LogP contribution is -2.38. The van der Waals surface area contributed by atoms with Crippen molar-refractivity contribution in [3.63, 3.8) is 0 Å². The summed E-state index contributed by atoms with van der Waals surface area (Å²) in [6, 6.07) is 0.942. The second-order valence-electron chi connectivity index (χ2n) is 5.74. The summed E-state index contributed by atoms with van der Waals surface area (Å²) in [4.78, 5) is 14.3. The van der Waals surface area contributed by atoms with E-state index in [1.165, 1.54) is 51.4 Å². The third kappa shape index (κ3) is 3.98. The predicted octanol–water partition coefficient (Wildman–Crippen LogP) is 2.31. The Morgan fingerprint density at radius 1 is 1.12 bits per heavy atom. The molecular weight excluding hydrogens is 212 g/mol. The summed E-state index contributed by atoms with van der Waals surface area (Å²) in [6.45, 7) is 1.15. The average Bonchev–Trinajstić information content (AvgIpc) is 2.55. The van der Waals surface area contributed by atoms with Gasteiger partial charge in [-0.3, -0.25) is 4.79 Å². The molecule has 1 N–H and O–H groups in total. The fourth-order valence-corrected chi connectivity index (χ4v) is 3.16. The zero-order chi connectivity index (χ0) is 12.1. The highest BCUT2D eigenvalue weighted by Crippen LogP contribution is 2.19. The van der Waals surface area contributed by atoms with Crippen LogP contribution in [0.2, 0.25) is 0 Å². The summed E-state index contributed by atoms with van der Waals surface area (Å²) in [5, 5.41) is 3.24. The molecule has 3 nitrogen and oxygen atoms in total. The van der Waals surface area contributed by atoms with Crippen LogP contribution in [0, 0.1) is 0 Å². The van der Waals surface area contributed by atoms with Crippen molar-refractivity contribution in [2.24, 2.45) is 0 Å². The highest BCUT2D eigenvalue weighted by molar-refractivity contribution is 5.76. The molecule has 0 aromatic rings. The molecule has 3 heteroatoms. The van der Waals surface area contributed by atoms with Crippen LogP contribution in [0.25, 0.3) is 0 Å². The van der Waals surface area contributed by atoms with Gasteiger partial charge >= 0.3 is 0 Å². The lowest BCUT2D eigenvalue weighted by atomic mass is 10.1. The maximum atomic E-state index is 12.0. The lowest BCUT2D eigenvalue weighted by Gasteiger charge is -2.21. The third-order valence-corrected chi connectivity index (χ3v) is 4.31. The minimum absolute atomic E-state index is 0.274. The molecule has 0 aromatic carbocycles. The molecule has 0 spiro atoms.